The second-order valence-electron chi connectivity index (χ2n) is 6.87. The number of aryl methyl sites for hydroxylation is 1. The SMILES string of the molecule is Cc1ccc2oc(Cc3ccc(NC(=S)NC(=O)c4ccc(Br)cc4)cc3)nc2c1. The number of carbonyl (C=O) groups excluding carboxylic acids is 1. The van der Waals surface area contributed by atoms with Crippen molar-refractivity contribution in [3.8, 4) is 0 Å². The summed E-state index contributed by atoms with van der Waals surface area (Å²) < 4.78 is 6.73. The Labute approximate surface area is 187 Å². The molecule has 2 N–H and O–H groups in total. The quantitative estimate of drug-likeness (QED) is 0.372. The van der Waals surface area contributed by atoms with Crippen LogP contribution in [0.1, 0.15) is 27.4 Å². The van der Waals surface area contributed by atoms with E-state index in [-0.39, 0.29) is 11.0 Å². The van der Waals surface area contributed by atoms with Gasteiger partial charge in [0.15, 0.2) is 16.6 Å². The summed E-state index contributed by atoms with van der Waals surface area (Å²) in [7, 11) is 0. The highest BCUT2D eigenvalue weighted by Crippen LogP contribution is 2.20. The number of aromatic nitrogens is 1. The van der Waals surface area contributed by atoms with Gasteiger partial charge in [0.05, 0.1) is 0 Å². The molecule has 0 radical (unpaired) electrons. The Hall–Kier alpha value is -3.03. The molecule has 0 unspecified atom stereocenters. The second kappa shape index (κ2) is 8.77. The van der Waals surface area contributed by atoms with Crippen LogP contribution in [0.25, 0.3) is 11.1 Å². The Balaban J connectivity index is 1.36. The number of fused-ring (bicyclic) bond motifs is 1. The summed E-state index contributed by atoms with van der Waals surface area (Å²) in [4.78, 5) is 16.8. The highest BCUT2D eigenvalue weighted by molar-refractivity contribution is 9.10. The topological polar surface area (TPSA) is 67.2 Å². The number of nitrogens with zero attached hydrogens (tertiary/aromatic N) is 1. The lowest BCUT2D eigenvalue weighted by Gasteiger charge is -2.10. The van der Waals surface area contributed by atoms with Crippen LogP contribution in [0.15, 0.2) is 75.6 Å². The third kappa shape index (κ3) is 4.93. The molecule has 4 aromatic rings. The Bertz CT molecular complexity index is 1220. The Morgan fingerprint density at radius 3 is 2.53 bits per heavy atom. The van der Waals surface area contributed by atoms with Crippen molar-refractivity contribution in [2.24, 2.45) is 0 Å². The fraction of sp³-hybridized carbons (Fsp3) is 0.0870. The Morgan fingerprint density at radius 1 is 1.07 bits per heavy atom. The maximum Gasteiger partial charge on any atom is 0.257 e. The van der Waals surface area contributed by atoms with Crippen molar-refractivity contribution < 1.29 is 9.21 Å². The highest BCUT2D eigenvalue weighted by Gasteiger charge is 2.09. The maximum atomic E-state index is 12.2. The van der Waals surface area contributed by atoms with Crippen LogP contribution in [0.2, 0.25) is 0 Å². The van der Waals surface area contributed by atoms with Crippen LogP contribution in [0, 0.1) is 6.92 Å². The van der Waals surface area contributed by atoms with Crippen LogP contribution in [0.4, 0.5) is 5.69 Å². The summed E-state index contributed by atoms with van der Waals surface area (Å²) in [5.74, 6) is 0.413. The van der Waals surface area contributed by atoms with E-state index in [0.717, 1.165) is 32.4 Å². The first-order valence-electron chi connectivity index (χ1n) is 9.29. The first kappa shape index (κ1) is 20.3. The van der Waals surface area contributed by atoms with E-state index in [9.17, 15) is 4.79 Å². The molecule has 0 atom stereocenters. The average molecular weight is 480 g/mol. The van der Waals surface area contributed by atoms with E-state index in [1.54, 1.807) is 12.1 Å². The van der Waals surface area contributed by atoms with E-state index < -0.39 is 0 Å². The van der Waals surface area contributed by atoms with Gasteiger partial charge in [0.25, 0.3) is 5.91 Å². The molecule has 0 aliphatic heterocycles. The molecule has 150 valence electrons. The molecule has 30 heavy (non-hydrogen) atoms. The lowest BCUT2D eigenvalue weighted by atomic mass is 10.1. The van der Waals surface area contributed by atoms with Gasteiger partial charge in [-0.25, -0.2) is 4.98 Å². The number of anilines is 1. The molecule has 3 aromatic carbocycles. The molecule has 0 saturated carbocycles. The van der Waals surface area contributed by atoms with Gasteiger partial charge in [0, 0.05) is 22.1 Å². The standard InChI is InChI=1S/C23H18BrN3O2S/c1-14-2-11-20-19(12-14)26-21(29-20)13-15-3-9-18(10-4-15)25-23(30)27-22(28)16-5-7-17(24)8-6-16/h2-12H,13H2,1H3,(H2,25,27,28,30). The van der Waals surface area contributed by atoms with E-state index >= 15 is 0 Å². The van der Waals surface area contributed by atoms with Gasteiger partial charge in [-0.3, -0.25) is 10.1 Å². The van der Waals surface area contributed by atoms with Crippen LogP contribution in [-0.4, -0.2) is 16.0 Å². The molecule has 1 aromatic heterocycles. The Kier molecular flexibility index (Phi) is 5.92. The van der Waals surface area contributed by atoms with E-state index in [1.807, 2.05) is 61.5 Å². The van der Waals surface area contributed by atoms with Crippen molar-refractivity contribution in [1.29, 1.82) is 0 Å². The number of benzene rings is 3. The van der Waals surface area contributed by atoms with E-state index in [0.29, 0.717) is 17.9 Å². The molecule has 5 nitrogen and oxygen atoms in total. The summed E-state index contributed by atoms with van der Waals surface area (Å²) in [6, 6.07) is 20.8. The van der Waals surface area contributed by atoms with Crippen LogP contribution in [0.3, 0.4) is 0 Å². The first-order chi connectivity index (χ1) is 14.5. The zero-order valence-corrected chi connectivity index (χ0v) is 18.5. The van der Waals surface area contributed by atoms with Gasteiger partial charge in [-0.05, 0) is 78.8 Å². The molecular weight excluding hydrogens is 462 g/mol. The minimum Gasteiger partial charge on any atom is -0.440 e. The van der Waals surface area contributed by atoms with Crippen molar-refractivity contribution in [3.05, 3.63) is 93.8 Å². The van der Waals surface area contributed by atoms with Crippen molar-refractivity contribution in [2.45, 2.75) is 13.3 Å². The smallest absolute Gasteiger partial charge is 0.257 e. The van der Waals surface area contributed by atoms with Crippen LogP contribution in [-0.2, 0) is 6.42 Å². The maximum absolute atomic E-state index is 12.2. The van der Waals surface area contributed by atoms with Gasteiger partial charge in [-0.2, -0.15) is 0 Å². The molecular formula is C23H18BrN3O2S. The minimum absolute atomic E-state index is 0.241. The van der Waals surface area contributed by atoms with Gasteiger partial charge >= 0.3 is 0 Å². The summed E-state index contributed by atoms with van der Waals surface area (Å²) in [5.41, 5.74) is 5.20. The van der Waals surface area contributed by atoms with Crippen molar-refractivity contribution in [1.82, 2.24) is 10.3 Å². The number of nitrogens with one attached hydrogen (secondary N) is 2. The molecule has 7 heteroatoms. The number of thiocarbonyl (C=S) groups is 1. The number of amides is 1. The van der Waals surface area contributed by atoms with Gasteiger partial charge < -0.3 is 9.73 Å². The monoisotopic (exact) mass is 479 g/mol. The predicted octanol–water partition coefficient (Wildman–Crippen LogP) is 5.62. The zero-order valence-electron chi connectivity index (χ0n) is 16.1. The van der Waals surface area contributed by atoms with Crippen LogP contribution >= 0.6 is 28.1 Å². The normalized spacial score (nSPS) is 10.7. The van der Waals surface area contributed by atoms with Crippen molar-refractivity contribution in [2.75, 3.05) is 5.32 Å². The molecule has 0 aliphatic rings. The molecule has 1 heterocycles. The molecule has 0 bridgehead atoms. The number of rotatable bonds is 4. The van der Waals surface area contributed by atoms with E-state index in [4.69, 9.17) is 16.6 Å². The van der Waals surface area contributed by atoms with Gasteiger partial charge in [-0.1, -0.05) is 34.1 Å². The van der Waals surface area contributed by atoms with E-state index in [1.165, 1.54) is 0 Å². The van der Waals surface area contributed by atoms with Crippen LogP contribution in [0.5, 0.6) is 0 Å². The van der Waals surface area contributed by atoms with Crippen molar-refractivity contribution >= 4 is 56.0 Å². The number of halogens is 1. The third-order valence-corrected chi connectivity index (χ3v) is 5.22. The lowest BCUT2D eigenvalue weighted by molar-refractivity contribution is 0.0977. The molecule has 1 amide bonds. The number of carbonyl (C=O) groups is 1. The molecule has 4 rings (SSSR count). The van der Waals surface area contributed by atoms with Gasteiger partial charge in [-0.15, -0.1) is 0 Å². The highest BCUT2D eigenvalue weighted by atomic mass is 79.9. The number of hydrogen-bond acceptors (Lipinski definition) is 4. The van der Waals surface area contributed by atoms with Crippen molar-refractivity contribution in [3.63, 3.8) is 0 Å². The lowest BCUT2D eigenvalue weighted by Crippen LogP contribution is -2.34. The Morgan fingerprint density at radius 2 is 1.80 bits per heavy atom. The molecule has 0 aliphatic carbocycles. The minimum atomic E-state index is -0.261. The summed E-state index contributed by atoms with van der Waals surface area (Å²) in [6.45, 7) is 2.03. The summed E-state index contributed by atoms with van der Waals surface area (Å²) in [5, 5.41) is 5.94. The third-order valence-electron chi connectivity index (χ3n) is 4.49. The fourth-order valence-corrected chi connectivity index (χ4v) is 3.46. The van der Waals surface area contributed by atoms with Gasteiger partial charge in [0.2, 0.25) is 0 Å². The van der Waals surface area contributed by atoms with Crippen LogP contribution < -0.4 is 10.6 Å². The average Bonchev–Trinajstić information content (AvgIpc) is 3.11. The fourth-order valence-electron chi connectivity index (χ4n) is 2.98. The van der Waals surface area contributed by atoms with E-state index in [2.05, 4.69) is 31.5 Å². The molecule has 0 fully saturated rings. The summed E-state index contributed by atoms with van der Waals surface area (Å²) >= 11 is 8.59. The largest absolute Gasteiger partial charge is 0.440 e. The second-order valence-corrected chi connectivity index (χ2v) is 8.19. The predicted molar refractivity (Wildman–Crippen MR) is 126 cm³/mol. The first-order valence-corrected chi connectivity index (χ1v) is 10.5. The zero-order chi connectivity index (χ0) is 21.1. The number of hydrogen-bond donors (Lipinski definition) is 2. The van der Waals surface area contributed by atoms with Gasteiger partial charge in [0.1, 0.15) is 5.52 Å². The summed E-state index contributed by atoms with van der Waals surface area (Å²) in [6.07, 6.45) is 0.596. The molecule has 0 spiro atoms. The molecule has 0 saturated heterocycles. The number of oxazole rings is 1.